The summed E-state index contributed by atoms with van der Waals surface area (Å²) in [6.07, 6.45) is 7.41. The smallest absolute Gasteiger partial charge is 0.0654 e. The molecule has 0 fully saturated rings. The highest BCUT2D eigenvalue weighted by Crippen LogP contribution is 2.45. The maximum Gasteiger partial charge on any atom is 0.104 e. The average Bonchev–Trinajstić information content (AvgIpc) is 3.11. The summed E-state index contributed by atoms with van der Waals surface area (Å²) in [5.41, 5.74) is 16.4. The van der Waals surface area contributed by atoms with Gasteiger partial charge in [0.1, 0.15) is 8.80 Å². The van der Waals surface area contributed by atoms with E-state index in [-0.39, 0.29) is 0 Å². The quantitative estimate of drug-likeness (QED) is 0.209. The molecule has 0 heterocycles. The molecule has 0 radical (unpaired) electrons. The average molecular weight is 549 g/mol. The molecule has 1 atom stereocenters. The van der Waals surface area contributed by atoms with E-state index in [1.165, 1.54) is 94.7 Å². The number of benzene rings is 3. The van der Waals surface area contributed by atoms with Gasteiger partial charge in [0.15, 0.2) is 0 Å². The molecule has 4 rings (SSSR count). The molecule has 0 N–H and O–H groups in total. The molecule has 40 heavy (non-hydrogen) atoms. The van der Waals surface area contributed by atoms with Gasteiger partial charge in [-0.05, 0) is 114 Å². The van der Waals surface area contributed by atoms with Crippen molar-refractivity contribution in [2.45, 2.75) is 107 Å². The Balaban J connectivity index is 1.83. The van der Waals surface area contributed by atoms with Gasteiger partial charge >= 0.3 is 0 Å². The summed E-state index contributed by atoms with van der Waals surface area (Å²) in [6.45, 7) is 20.9. The molecule has 0 aliphatic heterocycles. The van der Waals surface area contributed by atoms with Gasteiger partial charge in [0, 0.05) is 5.92 Å². The van der Waals surface area contributed by atoms with Crippen LogP contribution in [0.2, 0.25) is 6.04 Å². The predicted molar refractivity (Wildman–Crippen MR) is 181 cm³/mol. The normalized spacial score (nSPS) is 15.6. The zero-order valence-electron chi connectivity index (χ0n) is 26.8. The van der Waals surface area contributed by atoms with Gasteiger partial charge in [-0.15, -0.1) is 0 Å². The lowest BCUT2D eigenvalue weighted by molar-refractivity contribution is 0.779. The standard InChI is InChI=1S/C39H52Si/c1-10-12-14-33-22-34(15-13-11-2)24-35(23-33)39-32(9)30(7)31(8)38(39)25-40(36-18-26(3)16-27(4)19-36)37-20-28(5)17-29(6)21-37/h16-24,38,40H,10-15,25H2,1-9H3. The van der Waals surface area contributed by atoms with E-state index in [1.807, 2.05) is 0 Å². The molecule has 1 aliphatic carbocycles. The maximum absolute atomic E-state index is 2.55. The van der Waals surface area contributed by atoms with Gasteiger partial charge in [0.05, 0.1) is 0 Å². The van der Waals surface area contributed by atoms with E-state index >= 15 is 0 Å². The molecule has 0 bridgehead atoms. The van der Waals surface area contributed by atoms with Gasteiger partial charge in [-0.1, -0.05) is 119 Å². The predicted octanol–water partition coefficient (Wildman–Crippen LogP) is 9.39. The van der Waals surface area contributed by atoms with Gasteiger partial charge in [-0.3, -0.25) is 0 Å². The molecule has 212 valence electrons. The van der Waals surface area contributed by atoms with Gasteiger partial charge < -0.3 is 0 Å². The minimum atomic E-state index is -1.50. The molecular formula is C39H52Si. The van der Waals surface area contributed by atoms with Crippen LogP contribution in [-0.2, 0) is 12.8 Å². The first kappa shape index (κ1) is 30.3. The lowest BCUT2D eigenvalue weighted by Gasteiger charge is -2.26. The van der Waals surface area contributed by atoms with E-state index in [4.69, 9.17) is 0 Å². The summed E-state index contributed by atoms with van der Waals surface area (Å²) in [4.78, 5) is 0. The van der Waals surface area contributed by atoms with E-state index < -0.39 is 8.80 Å². The first-order valence-electron chi connectivity index (χ1n) is 15.8. The molecule has 0 spiro atoms. The zero-order valence-corrected chi connectivity index (χ0v) is 28.0. The molecule has 3 aromatic carbocycles. The first-order chi connectivity index (χ1) is 19.1. The van der Waals surface area contributed by atoms with Crippen molar-refractivity contribution >= 4 is 24.7 Å². The van der Waals surface area contributed by atoms with E-state index in [2.05, 4.69) is 117 Å². The van der Waals surface area contributed by atoms with Crippen molar-refractivity contribution in [1.82, 2.24) is 0 Å². The van der Waals surface area contributed by atoms with E-state index in [9.17, 15) is 0 Å². The topological polar surface area (TPSA) is 0 Å². The SMILES string of the molecule is CCCCc1cc(CCCC)cc(C2=C(C)C(C)=C(C)C2C[SiH](c2cc(C)cc(C)c2)c2cc(C)cc(C)c2)c1. The number of allylic oxidation sites excluding steroid dienone is 4. The fourth-order valence-electron chi connectivity index (χ4n) is 7.04. The summed E-state index contributed by atoms with van der Waals surface area (Å²) in [5, 5.41) is 3.19. The Bertz CT molecular complexity index is 1300. The number of unbranched alkanes of at least 4 members (excludes halogenated alkanes) is 2. The van der Waals surface area contributed by atoms with Crippen molar-refractivity contribution in [3.8, 4) is 0 Å². The highest BCUT2D eigenvalue weighted by atomic mass is 28.3. The second-order valence-electron chi connectivity index (χ2n) is 12.8. The second-order valence-corrected chi connectivity index (χ2v) is 15.7. The summed E-state index contributed by atoms with van der Waals surface area (Å²) in [7, 11) is -1.50. The van der Waals surface area contributed by atoms with Gasteiger partial charge in [-0.2, -0.15) is 0 Å². The monoisotopic (exact) mass is 548 g/mol. The summed E-state index contributed by atoms with van der Waals surface area (Å²) in [5.74, 6) is 0.485. The highest BCUT2D eigenvalue weighted by Gasteiger charge is 2.32. The summed E-state index contributed by atoms with van der Waals surface area (Å²) in [6, 6.07) is 23.5. The molecule has 0 aromatic heterocycles. The van der Waals surface area contributed by atoms with Crippen molar-refractivity contribution in [3.05, 3.63) is 110 Å². The molecule has 0 nitrogen and oxygen atoms in total. The molecule has 0 saturated heterocycles. The van der Waals surface area contributed by atoms with E-state index in [1.54, 1.807) is 21.5 Å². The van der Waals surface area contributed by atoms with E-state index in [0.717, 1.165) is 0 Å². The van der Waals surface area contributed by atoms with Crippen LogP contribution >= 0.6 is 0 Å². The minimum absolute atomic E-state index is 0.485. The molecule has 1 unspecified atom stereocenters. The van der Waals surface area contributed by atoms with Crippen LogP contribution in [-0.4, -0.2) is 8.80 Å². The lowest BCUT2D eigenvalue weighted by atomic mass is 9.88. The zero-order chi connectivity index (χ0) is 29.0. The van der Waals surface area contributed by atoms with Crippen molar-refractivity contribution in [2.24, 2.45) is 5.92 Å². The van der Waals surface area contributed by atoms with Crippen LogP contribution in [0.1, 0.15) is 99.2 Å². The van der Waals surface area contributed by atoms with Crippen molar-refractivity contribution < 1.29 is 0 Å². The largest absolute Gasteiger partial charge is 0.104 e. The van der Waals surface area contributed by atoms with Crippen LogP contribution in [0.3, 0.4) is 0 Å². The second kappa shape index (κ2) is 13.3. The third-order valence-corrected chi connectivity index (χ3v) is 12.4. The number of rotatable bonds is 11. The Hall–Kier alpha value is -2.64. The summed E-state index contributed by atoms with van der Waals surface area (Å²) >= 11 is 0. The Morgan fingerprint density at radius 1 is 0.550 bits per heavy atom. The van der Waals surface area contributed by atoms with Crippen LogP contribution in [0.15, 0.2) is 71.3 Å². The van der Waals surface area contributed by atoms with E-state index in [0.29, 0.717) is 5.92 Å². The molecule has 3 aromatic rings. The maximum atomic E-state index is 2.55. The van der Waals surface area contributed by atoms with Gasteiger partial charge in [0.2, 0.25) is 0 Å². The number of hydrogen-bond donors (Lipinski definition) is 0. The first-order valence-corrected chi connectivity index (χ1v) is 17.8. The number of hydrogen-bond acceptors (Lipinski definition) is 0. The van der Waals surface area contributed by atoms with Crippen LogP contribution in [0.4, 0.5) is 0 Å². The van der Waals surface area contributed by atoms with Gasteiger partial charge in [0.25, 0.3) is 0 Å². The van der Waals surface area contributed by atoms with Crippen LogP contribution in [0, 0.1) is 33.6 Å². The third kappa shape index (κ3) is 6.97. The molecule has 1 heteroatoms. The Morgan fingerprint density at radius 2 is 1.00 bits per heavy atom. The molecule has 0 saturated carbocycles. The molecule has 1 aliphatic rings. The highest BCUT2D eigenvalue weighted by molar-refractivity contribution is 6.85. The third-order valence-electron chi connectivity index (χ3n) is 9.19. The van der Waals surface area contributed by atoms with Crippen LogP contribution in [0.25, 0.3) is 5.57 Å². The Morgan fingerprint density at radius 3 is 1.43 bits per heavy atom. The van der Waals surface area contributed by atoms with Crippen molar-refractivity contribution in [1.29, 1.82) is 0 Å². The fraction of sp³-hybridized carbons (Fsp3) is 0.436. The number of aryl methyl sites for hydroxylation is 6. The molecular weight excluding hydrogens is 497 g/mol. The van der Waals surface area contributed by atoms with Crippen molar-refractivity contribution in [3.63, 3.8) is 0 Å². The Kier molecular flexibility index (Phi) is 10.1. The Labute approximate surface area is 247 Å². The molecule has 0 amide bonds. The van der Waals surface area contributed by atoms with Crippen LogP contribution < -0.4 is 10.4 Å². The van der Waals surface area contributed by atoms with Gasteiger partial charge in [-0.25, -0.2) is 0 Å². The summed E-state index contributed by atoms with van der Waals surface area (Å²) < 4.78 is 0. The fourth-order valence-corrected chi connectivity index (χ4v) is 10.9. The minimum Gasteiger partial charge on any atom is -0.0654 e. The lowest BCUT2D eigenvalue weighted by Crippen LogP contribution is -2.44. The van der Waals surface area contributed by atoms with Crippen LogP contribution in [0.5, 0.6) is 0 Å². The van der Waals surface area contributed by atoms with Crippen molar-refractivity contribution in [2.75, 3.05) is 0 Å².